The van der Waals surface area contributed by atoms with E-state index in [1.807, 2.05) is 12.2 Å². The molecule has 3 nitrogen and oxygen atoms in total. The van der Waals surface area contributed by atoms with Crippen molar-refractivity contribution in [1.82, 2.24) is 9.97 Å². The molecule has 0 unspecified atom stereocenters. The predicted molar refractivity (Wildman–Crippen MR) is 79.4 cm³/mol. The number of fused-ring (bicyclic) bond motifs is 1. The molecule has 0 N–H and O–H groups in total. The van der Waals surface area contributed by atoms with Crippen LogP contribution in [0.3, 0.4) is 0 Å². The molecule has 0 amide bonds. The maximum Gasteiger partial charge on any atom is 0.150 e. The molecule has 0 spiro atoms. The van der Waals surface area contributed by atoms with Crippen molar-refractivity contribution in [2.24, 2.45) is 0 Å². The van der Waals surface area contributed by atoms with E-state index < -0.39 is 0 Å². The van der Waals surface area contributed by atoms with Crippen molar-refractivity contribution in [2.45, 2.75) is 13.3 Å². The molecule has 2 aromatic heterocycles. The Morgan fingerprint density at radius 3 is 2.61 bits per heavy atom. The summed E-state index contributed by atoms with van der Waals surface area (Å²) in [6, 6.07) is 0. The number of hydrogen-bond donors (Lipinski definition) is 0. The topological polar surface area (TPSA) is 29.0 Å². The highest BCUT2D eigenvalue weighted by Crippen LogP contribution is 2.31. The number of rotatable bonds is 6. The largest absolute Gasteiger partial charge is 0.348 e. The van der Waals surface area contributed by atoms with Gasteiger partial charge in [-0.15, -0.1) is 24.5 Å². The average Bonchev–Trinajstić information content (AvgIpc) is 2.81. The zero-order valence-electron chi connectivity index (χ0n) is 10.6. The Morgan fingerprint density at radius 1 is 1.28 bits per heavy atom. The van der Waals surface area contributed by atoms with Gasteiger partial charge in [-0.25, -0.2) is 9.97 Å². The Balaban J connectivity index is 2.51. The molecular weight excluding hydrogens is 242 g/mol. The second kappa shape index (κ2) is 5.78. The predicted octanol–water partition coefficient (Wildman–Crippen LogP) is 3.43. The van der Waals surface area contributed by atoms with Gasteiger partial charge in [0.15, 0.2) is 5.82 Å². The molecule has 0 aliphatic carbocycles. The van der Waals surface area contributed by atoms with Crippen LogP contribution in [0.1, 0.15) is 12.5 Å². The lowest BCUT2D eigenvalue weighted by Crippen LogP contribution is -2.24. The third-order valence-electron chi connectivity index (χ3n) is 2.79. The van der Waals surface area contributed by atoms with Crippen LogP contribution in [0.25, 0.3) is 10.2 Å². The van der Waals surface area contributed by atoms with Gasteiger partial charge in [0.2, 0.25) is 0 Å². The van der Waals surface area contributed by atoms with Crippen molar-refractivity contribution in [3.63, 3.8) is 0 Å². The maximum atomic E-state index is 4.42. The second-order valence-corrected chi connectivity index (χ2v) is 4.85. The van der Waals surface area contributed by atoms with Crippen LogP contribution in [-0.4, -0.2) is 23.1 Å². The van der Waals surface area contributed by atoms with E-state index in [0.29, 0.717) is 0 Å². The molecule has 0 atom stereocenters. The van der Waals surface area contributed by atoms with E-state index in [2.05, 4.69) is 40.3 Å². The van der Waals surface area contributed by atoms with Crippen LogP contribution in [-0.2, 0) is 6.42 Å². The Morgan fingerprint density at radius 2 is 2.00 bits per heavy atom. The van der Waals surface area contributed by atoms with Gasteiger partial charge in [0.25, 0.3) is 0 Å². The van der Waals surface area contributed by atoms with Gasteiger partial charge in [0.1, 0.15) is 6.33 Å². The lowest BCUT2D eigenvalue weighted by atomic mass is 10.2. The standard InChI is InChI=1S/C14H17N3S/c1-4-7-17(8-5-2)14-13-12(15-10-16-14)11(6-3)9-18-13/h4-5,9-10H,1-2,6-8H2,3H3. The summed E-state index contributed by atoms with van der Waals surface area (Å²) in [5.41, 5.74) is 2.36. The molecule has 0 aliphatic rings. The van der Waals surface area contributed by atoms with Gasteiger partial charge in [-0.1, -0.05) is 19.1 Å². The van der Waals surface area contributed by atoms with E-state index >= 15 is 0 Å². The number of aryl methyl sites for hydroxylation is 1. The molecular formula is C14H17N3S. The van der Waals surface area contributed by atoms with E-state index in [-0.39, 0.29) is 0 Å². The Kier molecular flexibility index (Phi) is 4.10. The molecule has 0 saturated heterocycles. The highest BCUT2D eigenvalue weighted by Gasteiger charge is 2.13. The number of aromatic nitrogens is 2. The van der Waals surface area contributed by atoms with Gasteiger partial charge in [-0.2, -0.15) is 0 Å². The summed E-state index contributed by atoms with van der Waals surface area (Å²) in [7, 11) is 0. The molecule has 18 heavy (non-hydrogen) atoms. The van der Waals surface area contributed by atoms with Crippen LogP contribution in [0.4, 0.5) is 5.82 Å². The van der Waals surface area contributed by atoms with Gasteiger partial charge in [-0.05, 0) is 17.4 Å². The van der Waals surface area contributed by atoms with Crippen LogP contribution in [0.2, 0.25) is 0 Å². The highest BCUT2D eigenvalue weighted by atomic mass is 32.1. The summed E-state index contributed by atoms with van der Waals surface area (Å²) < 4.78 is 1.15. The summed E-state index contributed by atoms with van der Waals surface area (Å²) in [6.45, 7) is 11.3. The van der Waals surface area contributed by atoms with Gasteiger partial charge >= 0.3 is 0 Å². The summed E-state index contributed by atoms with van der Waals surface area (Å²) in [6.07, 6.45) is 6.40. The van der Waals surface area contributed by atoms with E-state index in [1.54, 1.807) is 17.7 Å². The third kappa shape index (κ3) is 2.29. The first-order valence-corrected chi connectivity index (χ1v) is 6.87. The lowest BCUT2D eigenvalue weighted by Gasteiger charge is -2.20. The van der Waals surface area contributed by atoms with Gasteiger partial charge in [0.05, 0.1) is 10.2 Å². The first kappa shape index (κ1) is 12.8. The summed E-state index contributed by atoms with van der Waals surface area (Å²) in [5, 5.41) is 2.17. The van der Waals surface area contributed by atoms with Crippen molar-refractivity contribution in [3.05, 3.63) is 42.6 Å². The van der Waals surface area contributed by atoms with Crippen molar-refractivity contribution in [1.29, 1.82) is 0 Å². The monoisotopic (exact) mass is 259 g/mol. The van der Waals surface area contributed by atoms with Crippen LogP contribution in [0.15, 0.2) is 37.0 Å². The Bertz CT molecular complexity index is 549. The van der Waals surface area contributed by atoms with Crippen molar-refractivity contribution < 1.29 is 0 Å². The molecule has 94 valence electrons. The minimum absolute atomic E-state index is 0.761. The molecule has 4 heteroatoms. The zero-order chi connectivity index (χ0) is 13.0. The molecule has 0 aliphatic heterocycles. The maximum absolute atomic E-state index is 4.42. The molecule has 0 fully saturated rings. The minimum Gasteiger partial charge on any atom is -0.348 e. The highest BCUT2D eigenvalue weighted by molar-refractivity contribution is 7.18. The SMILES string of the molecule is C=CCN(CC=C)c1ncnc2c(CC)csc12. The Labute approximate surface area is 111 Å². The fraction of sp³-hybridized carbons (Fsp3) is 0.286. The molecule has 2 aromatic rings. The molecule has 0 radical (unpaired) electrons. The molecule has 0 bridgehead atoms. The number of hydrogen-bond acceptors (Lipinski definition) is 4. The molecule has 2 rings (SSSR count). The first-order valence-electron chi connectivity index (χ1n) is 5.99. The van der Waals surface area contributed by atoms with Crippen molar-refractivity contribution in [2.75, 3.05) is 18.0 Å². The van der Waals surface area contributed by atoms with E-state index in [4.69, 9.17) is 0 Å². The number of thiophene rings is 1. The quantitative estimate of drug-likeness (QED) is 0.744. The second-order valence-electron chi connectivity index (χ2n) is 3.97. The summed E-state index contributed by atoms with van der Waals surface area (Å²) in [5.74, 6) is 0.976. The van der Waals surface area contributed by atoms with Crippen LogP contribution in [0, 0.1) is 0 Å². The normalized spacial score (nSPS) is 10.5. The molecule has 0 saturated carbocycles. The molecule has 2 heterocycles. The van der Waals surface area contributed by atoms with E-state index in [1.165, 1.54) is 5.56 Å². The Hall–Kier alpha value is -1.68. The smallest absolute Gasteiger partial charge is 0.150 e. The van der Waals surface area contributed by atoms with Crippen LogP contribution < -0.4 is 4.90 Å². The van der Waals surface area contributed by atoms with Crippen molar-refractivity contribution >= 4 is 27.4 Å². The van der Waals surface area contributed by atoms with Gasteiger partial charge in [0, 0.05) is 13.1 Å². The minimum atomic E-state index is 0.761. The fourth-order valence-corrected chi connectivity index (χ4v) is 3.04. The number of anilines is 1. The van der Waals surface area contributed by atoms with Crippen LogP contribution >= 0.6 is 11.3 Å². The molecule has 0 aromatic carbocycles. The third-order valence-corrected chi connectivity index (χ3v) is 3.80. The van der Waals surface area contributed by atoms with Gasteiger partial charge < -0.3 is 4.90 Å². The average molecular weight is 259 g/mol. The zero-order valence-corrected chi connectivity index (χ0v) is 11.4. The van der Waals surface area contributed by atoms with Crippen molar-refractivity contribution in [3.8, 4) is 0 Å². The van der Waals surface area contributed by atoms with E-state index in [9.17, 15) is 0 Å². The fourth-order valence-electron chi connectivity index (χ4n) is 1.92. The summed E-state index contributed by atoms with van der Waals surface area (Å²) in [4.78, 5) is 11.0. The lowest BCUT2D eigenvalue weighted by molar-refractivity contribution is 0.929. The first-order chi connectivity index (χ1) is 8.81. The summed E-state index contributed by atoms with van der Waals surface area (Å²) >= 11 is 1.71. The van der Waals surface area contributed by atoms with Gasteiger partial charge in [-0.3, -0.25) is 0 Å². The number of nitrogens with zero attached hydrogens (tertiary/aromatic N) is 3. The van der Waals surface area contributed by atoms with E-state index in [0.717, 1.165) is 35.5 Å². The van der Waals surface area contributed by atoms with Crippen LogP contribution in [0.5, 0.6) is 0 Å².